The summed E-state index contributed by atoms with van der Waals surface area (Å²) >= 11 is 0. The van der Waals surface area contributed by atoms with Crippen molar-refractivity contribution < 1.29 is 9.47 Å². The van der Waals surface area contributed by atoms with Crippen molar-refractivity contribution in [2.45, 2.75) is 0 Å². The summed E-state index contributed by atoms with van der Waals surface area (Å²) in [5.41, 5.74) is 2.74. The molecule has 0 radical (unpaired) electrons. The van der Waals surface area contributed by atoms with Crippen LogP contribution in [0.3, 0.4) is 0 Å². The van der Waals surface area contributed by atoms with E-state index in [1.54, 1.807) is 31.6 Å². The Labute approximate surface area is 168 Å². The van der Waals surface area contributed by atoms with E-state index in [1.807, 2.05) is 24.3 Å². The van der Waals surface area contributed by atoms with Crippen LogP contribution in [-0.4, -0.2) is 48.4 Å². The van der Waals surface area contributed by atoms with Crippen LogP contribution >= 0.6 is 0 Å². The van der Waals surface area contributed by atoms with Gasteiger partial charge in [-0.2, -0.15) is 10.2 Å². The van der Waals surface area contributed by atoms with E-state index >= 15 is 0 Å². The molecular weight excluding hydrogens is 368 g/mol. The average molecular weight is 388 g/mol. The maximum Gasteiger partial charge on any atom is 0.228 e. The molecular formula is C21H20N6O2. The summed E-state index contributed by atoms with van der Waals surface area (Å²) in [6.07, 6.45) is 3.42. The molecule has 8 nitrogen and oxygen atoms in total. The highest BCUT2D eigenvalue weighted by Gasteiger charge is 2.22. The van der Waals surface area contributed by atoms with Crippen LogP contribution < -0.4 is 15.0 Å². The Bertz CT molecular complexity index is 1030. The standard InChI is InChI=1S/C21H20N6O2/c1-28-19-18(16-5-2-4-15(12-16)13-22)25-21(27-8-10-29-11-9-27)26-20(19)24-17-6-3-7-23-14-17/h2-7,12,14H,8-11H2,1H3,(H,24,25,26). The van der Waals surface area contributed by atoms with Crippen LogP contribution in [0.1, 0.15) is 5.56 Å². The van der Waals surface area contributed by atoms with Crippen LogP contribution in [0.2, 0.25) is 0 Å². The number of ether oxygens (including phenoxy) is 2. The number of hydrogen-bond donors (Lipinski definition) is 1. The van der Waals surface area contributed by atoms with Gasteiger partial charge in [-0.1, -0.05) is 12.1 Å². The average Bonchev–Trinajstić information content (AvgIpc) is 2.80. The zero-order chi connectivity index (χ0) is 20.1. The van der Waals surface area contributed by atoms with Gasteiger partial charge in [0, 0.05) is 24.8 Å². The van der Waals surface area contributed by atoms with Crippen molar-refractivity contribution in [3.8, 4) is 23.1 Å². The Hall–Kier alpha value is -3.70. The summed E-state index contributed by atoms with van der Waals surface area (Å²) in [5.74, 6) is 1.62. The molecule has 1 fully saturated rings. The van der Waals surface area contributed by atoms with E-state index in [-0.39, 0.29) is 0 Å². The quantitative estimate of drug-likeness (QED) is 0.713. The first kappa shape index (κ1) is 18.7. The van der Waals surface area contributed by atoms with Crippen molar-refractivity contribution in [3.63, 3.8) is 0 Å². The fourth-order valence-electron chi connectivity index (χ4n) is 3.13. The molecule has 4 rings (SSSR count). The van der Waals surface area contributed by atoms with E-state index in [1.165, 1.54) is 0 Å². The first-order chi connectivity index (χ1) is 14.3. The smallest absolute Gasteiger partial charge is 0.228 e. The lowest BCUT2D eigenvalue weighted by Crippen LogP contribution is -2.37. The molecule has 3 aromatic rings. The minimum atomic E-state index is 0.501. The van der Waals surface area contributed by atoms with Gasteiger partial charge in [0.15, 0.2) is 11.6 Å². The van der Waals surface area contributed by atoms with E-state index in [0.717, 1.165) is 11.3 Å². The van der Waals surface area contributed by atoms with E-state index in [9.17, 15) is 5.26 Å². The molecule has 0 aliphatic carbocycles. The maximum absolute atomic E-state index is 9.29. The van der Waals surface area contributed by atoms with Gasteiger partial charge in [-0.3, -0.25) is 4.98 Å². The molecule has 1 saturated heterocycles. The topological polar surface area (TPSA) is 96.2 Å². The van der Waals surface area contributed by atoms with Crippen molar-refractivity contribution in [1.82, 2.24) is 15.0 Å². The molecule has 0 spiro atoms. The number of rotatable bonds is 5. The second kappa shape index (κ2) is 8.54. The summed E-state index contributed by atoms with van der Waals surface area (Å²) in [6.45, 7) is 2.66. The Kier molecular flexibility index (Phi) is 5.49. The number of nitrogens with one attached hydrogen (secondary N) is 1. The number of hydrogen-bond acceptors (Lipinski definition) is 8. The number of aromatic nitrogens is 3. The zero-order valence-electron chi connectivity index (χ0n) is 16.0. The van der Waals surface area contributed by atoms with Crippen molar-refractivity contribution in [2.24, 2.45) is 0 Å². The van der Waals surface area contributed by atoms with Gasteiger partial charge in [-0.15, -0.1) is 0 Å². The van der Waals surface area contributed by atoms with Crippen LogP contribution in [0.5, 0.6) is 5.75 Å². The minimum absolute atomic E-state index is 0.501. The Morgan fingerprint density at radius 1 is 1.17 bits per heavy atom. The highest BCUT2D eigenvalue weighted by molar-refractivity contribution is 5.77. The lowest BCUT2D eigenvalue weighted by Gasteiger charge is -2.28. The number of benzene rings is 1. The van der Waals surface area contributed by atoms with Gasteiger partial charge in [-0.25, -0.2) is 4.98 Å². The monoisotopic (exact) mass is 388 g/mol. The highest BCUT2D eigenvalue weighted by atomic mass is 16.5. The fraction of sp³-hybridized carbons (Fsp3) is 0.238. The molecule has 0 saturated carbocycles. The summed E-state index contributed by atoms with van der Waals surface area (Å²) in [6, 6.07) is 13.2. The van der Waals surface area contributed by atoms with Gasteiger partial charge in [0.1, 0.15) is 5.69 Å². The third-order valence-electron chi connectivity index (χ3n) is 4.54. The molecule has 1 aliphatic heterocycles. The number of methoxy groups -OCH3 is 1. The van der Waals surface area contributed by atoms with Gasteiger partial charge >= 0.3 is 0 Å². The second-order valence-electron chi connectivity index (χ2n) is 6.41. The predicted molar refractivity (Wildman–Crippen MR) is 109 cm³/mol. The maximum atomic E-state index is 9.29. The van der Waals surface area contributed by atoms with E-state index in [2.05, 4.69) is 21.3 Å². The molecule has 1 N–H and O–H groups in total. The van der Waals surface area contributed by atoms with E-state index in [4.69, 9.17) is 19.4 Å². The van der Waals surface area contributed by atoms with Gasteiger partial charge in [0.2, 0.25) is 5.95 Å². The third-order valence-corrected chi connectivity index (χ3v) is 4.54. The van der Waals surface area contributed by atoms with Gasteiger partial charge in [0.05, 0.1) is 43.8 Å². The molecule has 146 valence electrons. The van der Waals surface area contributed by atoms with E-state index < -0.39 is 0 Å². The van der Waals surface area contributed by atoms with Crippen LogP contribution in [0.15, 0.2) is 48.8 Å². The van der Waals surface area contributed by atoms with Crippen LogP contribution in [0.25, 0.3) is 11.3 Å². The first-order valence-corrected chi connectivity index (χ1v) is 9.25. The Morgan fingerprint density at radius 2 is 2.03 bits per heavy atom. The molecule has 1 aliphatic rings. The summed E-state index contributed by atoms with van der Waals surface area (Å²) < 4.78 is 11.1. The molecule has 29 heavy (non-hydrogen) atoms. The molecule has 3 heterocycles. The zero-order valence-corrected chi connectivity index (χ0v) is 16.0. The lowest BCUT2D eigenvalue weighted by molar-refractivity contribution is 0.122. The Morgan fingerprint density at radius 3 is 2.76 bits per heavy atom. The number of nitriles is 1. The molecule has 0 amide bonds. The number of nitrogens with zero attached hydrogens (tertiary/aromatic N) is 5. The first-order valence-electron chi connectivity index (χ1n) is 9.25. The summed E-state index contributed by atoms with van der Waals surface area (Å²) in [5, 5.41) is 12.6. The largest absolute Gasteiger partial charge is 0.491 e. The third kappa shape index (κ3) is 4.10. The SMILES string of the molecule is COc1c(Nc2cccnc2)nc(N2CCOCC2)nc1-c1cccc(C#N)c1. The number of morpholine rings is 1. The van der Waals surface area contributed by atoms with Crippen molar-refractivity contribution >= 4 is 17.5 Å². The highest BCUT2D eigenvalue weighted by Crippen LogP contribution is 2.37. The van der Waals surface area contributed by atoms with Crippen molar-refractivity contribution in [1.29, 1.82) is 5.26 Å². The van der Waals surface area contributed by atoms with Crippen LogP contribution in [0, 0.1) is 11.3 Å². The molecule has 0 bridgehead atoms. The van der Waals surface area contributed by atoms with Crippen molar-refractivity contribution in [2.75, 3.05) is 43.6 Å². The Balaban J connectivity index is 1.85. The summed E-state index contributed by atoms with van der Waals surface area (Å²) in [7, 11) is 1.58. The predicted octanol–water partition coefficient (Wildman–Crippen LogP) is 3.00. The van der Waals surface area contributed by atoms with Crippen LogP contribution in [-0.2, 0) is 4.74 Å². The number of pyridine rings is 1. The second-order valence-corrected chi connectivity index (χ2v) is 6.41. The molecule has 8 heteroatoms. The van der Waals surface area contributed by atoms with Crippen molar-refractivity contribution in [3.05, 3.63) is 54.4 Å². The van der Waals surface area contributed by atoms with Gasteiger partial charge < -0.3 is 19.7 Å². The molecule has 1 aromatic carbocycles. The normalized spacial score (nSPS) is 13.6. The van der Waals surface area contributed by atoms with Crippen LogP contribution in [0.4, 0.5) is 17.5 Å². The molecule has 0 unspecified atom stereocenters. The van der Waals surface area contributed by atoms with Gasteiger partial charge in [0.25, 0.3) is 0 Å². The summed E-state index contributed by atoms with van der Waals surface area (Å²) in [4.78, 5) is 15.7. The lowest BCUT2D eigenvalue weighted by atomic mass is 10.1. The van der Waals surface area contributed by atoms with E-state index in [0.29, 0.717) is 55.1 Å². The molecule has 2 aromatic heterocycles. The van der Waals surface area contributed by atoms with Gasteiger partial charge in [-0.05, 0) is 24.3 Å². The molecule has 0 atom stereocenters. The number of anilines is 3. The fourth-order valence-corrected chi connectivity index (χ4v) is 3.13. The minimum Gasteiger partial charge on any atom is -0.491 e.